The number of hydrogen-bond acceptors (Lipinski definition) is 6. The van der Waals surface area contributed by atoms with Gasteiger partial charge in [0.25, 0.3) is 5.91 Å². The molecule has 0 aliphatic carbocycles. The summed E-state index contributed by atoms with van der Waals surface area (Å²) in [4.78, 5) is 15.7. The van der Waals surface area contributed by atoms with Gasteiger partial charge in [-0.2, -0.15) is 15.2 Å². The van der Waals surface area contributed by atoms with Crippen molar-refractivity contribution in [2.45, 2.75) is 13.8 Å². The fourth-order valence-electron chi connectivity index (χ4n) is 2.19. The summed E-state index contributed by atoms with van der Waals surface area (Å²) in [6.45, 7) is 4.05. The van der Waals surface area contributed by atoms with Crippen LogP contribution in [-0.2, 0) is 4.79 Å². The Bertz CT molecular complexity index is 948. The molecule has 0 bridgehead atoms. The zero-order chi connectivity index (χ0) is 18.0. The first-order valence-corrected chi connectivity index (χ1v) is 8.34. The molecule has 0 unspecified atom stereocenters. The molecule has 1 aliphatic rings. The SMILES string of the molecule is Cc1ccc(N=Nc2ccc(O)c(/C=C3\SC(N)=NC3=O)c2)cc1C. The van der Waals surface area contributed by atoms with Crippen LogP contribution in [0.2, 0.25) is 0 Å². The molecule has 1 amide bonds. The lowest BCUT2D eigenvalue weighted by atomic mass is 10.1. The molecule has 0 radical (unpaired) electrons. The molecule has 126 valence electrons. The molecule has 25 heavy (non-hydrogen) atoms. The second-order valence-corrected chi connectivity index (χ2v) is 6.64. The number of carbonyl (C=O) groups excluding carboxylic acids is 1. The number of carbonyl (C=O) groups is 1. The van der Waals surface area contributed by atoms with Gasteiger partial charge in [-0.3, -0.25) is 4.79 Å². The monoisotopic (exact) mass is 352 g/mol. The van der Waals surface area contributed by atoms with Crippen molar-refractivity contribution in [1.82, 2.24) is 0 Å². The summed E-state index contributed by atoms with van der Waals surface area (Å²) in [6, 6.07) is 10.6. The highest BCUT2D eigenvalue weighted by Crippen LogP contribution is 2.31. The van der Waals surface area contributed by atoms with E-state index in [9.17, 15) is 9.90 Å². The number of amidine groups is 1. The molecular weight excluding hydrogens is 336 g/mol. The lowest BCUT2D eigenvalue weighted by Crippen LogP contribution is -2.01. The van der Waals surface area contributed by atoms with Gasteiger partial charge in [0, 0.05) is 5.56 Å². The van der Waals surface area contributed by atoms with Gasteiger partial charge in [-0.1, -0.05) is 6.07 Å². The second kappa shape index (κ2) is 6.90. The van der Waals surface area contributed by atoms with Gasteiger partial charge >= 0.3 is 0 Å². The number of azo groups is 1. The van der Waals surface area contributed by atoms with Crippen LogP contribution >= 0.6 is 11.8 Å². The normalized spacial score (nSPS) is 16.0. The van der Waals surface area contributed by atoms with Crippen LogP contribution in [-0.4, -0.2) is 16.2 Å². The Hall–Kier alpha value is -2.93. The van der Waals surface area contributed by atoms with Crippen molar-refractivity contribution in [3.05, 3.63) is 58.0 Å². The summed E-state index contributed by atoms with van der Waals surface area (Å²) in [7, 11) is 0. The van der Waals surface area contributed by atoms with Crippen LogP contribution in [0.3, 0.4) is 0 Å². The van der Waals surface area contributed by atoms with Crippen molar-refractivity contribution in [1.29, 1.82) is 0 Å². The Kier molecular flexibility index (Phi) is 4.67. The fraction of sp³-hybridized carbons (Fsp3) is 0.111. The van der Waals surface area contributed by atoms with Crippen molar-refractivity contribution in [2.75, 3.05) is 0 Å². The maximum Gasteiger partial charge on any atom is 0.286 e. The molecule has 3 rings (SSSR count). The van der Waals surface area contributed by atoms with E-state index >= 15 is 0 Å². The minimum atomic E-state index is -0.413. The maximum atomic E-state index is 11.7. The summed E-state index contributed by atoms with van der Waals surface area (Å²) >= 11 is 1.07. The van der Waals surface area contributed by atoms with Crippen molar-refractivity contribution in [2.24, 2.45) is 21.0 Å². The molecule has 1 heterocycles. The van der Waals surface area contributed by atoms with Crippen LogP contribution in [0.1, 0.15) is 16.7 Å². The van der Waals surface area contributed by atoms with E-state index in [-0.39, 0.29) is 10.9 Å². The number of phenols is 1. The largest absolute Gasteiger partial charge is 0.507 e. The van der Waals surface area contributed by atoms with Gasteiger partial charge in [0.2, 0.25) is 0 Å². The molecule has 2 aromatic rings. The number of aryl methyl sites for hydroxylation is 2. The minimum Gasteiger partial charge on any atom is -0.507 e. The van der Waals surface area contributed by atoms with E-state index in [1.165, 1.54) is 11.6 Å². The molecule has 1 aliphatic heterocycles. The van der Waals surface area contributed by atoms with Gasteiger partial charge in [-0.05, 0) is 73.1 Å². The van der Waals surface area contributed by atoms with Gasteiger partial charge in [-0.25, -0.2) is 0 Å². The predicted octanol–water partition coefficient (Wildman–Crippen LogP) is 4.35. The number of rotatable bonds is 3. The molecule has 0 saturated heterocycles. The van der Waals surface area contributed by atoms with E-state index in [0.717, 1.165) is 23.0 Å². The number of benzene rings is 2. The Labute approximate surface area is 149 Å². The number of aromatic hydroxyl groups is 1. The summed E-state index contributed by atoms with van der Waals surface area (Å²) in [6.07, 6.45) is 1.54. The van der Waals surface area contributed by atoms with Crippen LogP contribution in [0, 0.1) is 13.8 Å². The van der Waals surface area contributed by atoms with Gasteiger partial charge in [0.05, 0.1) is 16.3 Å². The highest BCUT2D eigenvalue weighted by Gasteiger charge is 2.20. The molecule has 0 atom stereocenters. The van der Waals surface area contributed by atoms with Gasteiger partial charge < -0.3 is 10.8 Å². The predicted molar refractivity (Wildman–Crippen MR) is 100 cm³/mol. The number of nitrogens with two attached hydrogens (primary N) is 1. The van der Waals surface area contributed by atoms with Crippen LogP contribution in [0.25, 0.3) is 6.08 Å². The van der Waals surface area contributed by atoms with Crippen molar-refractivity contribution in [3.63, 3.8) is 0 Å². The molecule has 0 spiro atoms. The first kappa shape index (κ1) is 16.9. The number of nitrogens with zero attached hydrogens (tertiary/aromatic N) is 3. The lowest BCUT2D eigenvalue weighted by Gasteiger charge is -2.02. The zero-order valence-corrected chi connectivity index (χ0v) is 14.5. The molecule has 6 nitrogen and oxygen atoms in total. The minimum absolute atomic E-state index is 0.0384. The number of thioether (sulfide) groups is 1. The lowest BCUT2D eigenvalue weighted by molar-refractivity contribution is -0.113. The van der Waals surface area contributed by atoms with Gasteiger partial charge in [0.15, 0.2) is 5.17 Å². The van der Waals surface area contributed by atoms with Crippen molar-refractivity contribution < 1.29 is 9.90 Å². The molecule has 2 aromatic carbocycles. The van der Waals surface area contributed by atoms with E-state index in [2.05, 4.69) is 15.2 Å². The summed E-state index contributed by atoms with van der Waals surface area (Å²) in [5.74, 6) is -0.374. The third-order valence-electron chi connectivity index (χ3n) is 3.71. The summed E-state index contributed by atoms with van der Waals surface area (Å²) in [5, 5.41) is 18.6. The van der Waals surface area contributed by atoms with E-state index in [0.29, 0.717) is 16.2 Å². The molecule has 3 N–H and O–H groups in total. The Morgan fingerprint density at radius 2 is 1.76 bits per heavy atom. The quantitative estimate of drug-likeness (QED) is 0.633. The summed E-state index contributed by atoms with van der Waals surface area (Å²) in [5.41, 5.74) is 9.63. The second-order valence-electron chi connectivity index (χ2n) is 5.58. The Morgan fingerprint density at radius 3 is 2.40 bits per heavy atom. The third-order valence-corrected chi connectivity index (χ3v) is 4.52. The Balaban J connectivity index is 1.86. The zero-order valence-electron chi connectivity index (χ0n) is 13.7. The Morgan fingerprint density at radius 1 is 1.08 bits per heavy atom. The number of amides is 1. The van der Waals surface area contributed by atoms with E-state index in [1.54, 1.807) is 18.2 Å². The average molecular weight is 352 g/mol. The summed E-state index contributed by atoms with van der Waals surface area (Å²) < 4.78 is 0. The first-order valence-electron chi connectivity index (χ1n) is 7.52. The van der Waals surface area contributed by atoms with Gasteiger partial charge in [-0.15, -0.1) is 0 Å². The van der Waals surface area contributed by atoms with Gasteiger partial charge in [0.1, 0.15) is 5.75 Å². The van der Waals surface area contributed by atoms with Crippen molar-refractivity contribution in [3.8, 4) is 5.75 Å². The van der Waals surface area contributed by atoms with Crippen LogP contribution in [0.15, 0.2) is 56.5 Å². The highest BCUT2D eigenvalue weighted by atomic mass is 32.2. The number of hydrogen-bond donors (Lipinski definition) is 2. The third kappa shape index (κ3) is 3.95. The van der Waals surface area contributed by atoms with Crippen LogP contribution in [0.4, 0.5) is 11.4 Å². The smallest absolute Gasteiger partial charge is 0.286 e. The standard InChI is InChI=1S/C18H16N4O2S/c1-10-3-4-13(7-11(10)2)21-22-14-5-6-15(23)12(8-14)9-16-17(24)20-18(19)25-16/h3-9,23H,1-2H3,(H2,19,20,24)/b16-9-,22-21?. The van der Waals surface area contributed by atoms with E-state index in [1.807, 2.05) is 32.0 Å². The topological polar surface area (TPSA) is 100 Å². The van der Waals surface area contributed by atoms with E-state index in [4.69, 9.17) is 5.73 Å². The van der Waals surface area contributed by atoms with Crippen LogP contribution < -0.4 is 5.73 Å². The fourth-order valence-corrected chi connectivity index (χ4v) is 2.86. The molecule has 0 fully saturated rings. The molecule has 7 heteroatoms. The van der Waals surface area contributed by atoms with E-state index < -0.39 is 5.91 Å². The molecule has 0 saturated carbocycles. The molecular formula is C18H16N4O2S. The first-order chi connectivity index (χ1) is 11.9. The highest BCUT2D eigenvalue weighted by molar-refractivity contribution is 8.18. The average Bonchev–Trinajstić information content (AvgIpc) is 2.89. The van der Waals surface area contributed by atoms with Crippen molar-refractivity contribution >= 4 is 40.3 Å². The van der Waals surface area contributed by atoms with Crippen LogP contribution in [0.5, 0.6) is 5.75 Å². The maximum absolute atomic E-state index is 11.7. The number of phenolic OH excluding ortho intramolecular Hbond substituents is 1. The molecule has 0 aromatic heterocycles. The number of aliphatic imine (C=N–C) groups is 1.